The van der Waals surface area contributed by atoms with Crippen molar-refractivity contribution in [2.75, 3.05) is 0 Å². The third-order valence-electron chi connectivity index (χ3n) is 7.87. The molecule has 2 nitrogen and oxygen atoms in total. The van der Waals surface area contributed by atoms with Crippen LogP contribution in [0.15, 0.2) is 72.9 Å². The van der Waals surface area contributed by atoms with Gasteiger partial charge in [-0.1, -0.05) is 69.4 Å². The average molecular weight is 487 g/mol. The van der Waals surface area contributed by atoms with Gasteiger partial charge in [0, 0.05) is 33.2 Å². The van der Waals surface area contributed by atoms with Gasteiger partial charge in [-0.3, -0.25) is 9.97 Å². The van der Waals surface area contributed by atoms with Crippen LogP contribution in [0.4, 0.5) is 4.39 Å². The van der Waals surface area contributed by atoms with Crippen molar-refractivity contribution in [3.63, 3.8) is 0 Å². The summed E-state index contributed by atoms with van der Waals surface area (Å²) in [5, 5.41) is 10.1. The molecule has 0 aliphatic carbocycles. The molecule has 0 unspecified atom stereocenters. The highest BCUT2D eigenvalue weighted by molar-refractivity contribution is 7.03. The van der Waals surface area contributed by atoms with E-state index >= 15 is 4.39 Å². The maximum atomic E-state index is 15.3. The molecule has 1 aliphatic heterocycles. The lowest BCUT2D eigenvalue weighted by Gasteiger charge is -2.32. The molecular weight excluding hydrogens is 459 g/mol. The maximum Gasteiger partial charge on any atom is 0.137 e. The number of hydrogen-bond donors (Lipinski definition) is 0. The van der Waals surface area contributed by atoms with Gasteiger partial charge < -0.3 is 0 Å². The van der Waals surface area contributed by atoms with Gasteiger partial charge in [0.15, 0.2) is 0 Å². The molecule has 7 rings (SSSR count). The number of pyridine rings is 2. The van der Waals surface area contributed by atoms with Crippen molar-refractivity contribution >= 4 is 61.8 Å². The molecule has 36 heavy (non-hydrogen) atoms. The van der Waals surface area contributed by atoms with Crippen LogP contribution in [0.2, 0.25) is 13.1 Å². The first-order valence-electron chi connectivity index (χ1n) is 12.7. The third kappa shape index (κ3) is 2.94. The van der Waals surface area contributed by atoms with Crippen LogP contribution in [0, 0.1) is 11.7 Å². The van der Waals surface area contributed by atoms with Crippen LogP contribution in [0.25, 0.3) is 54.5 Å². The summed E-state index contributed by atoms with van der Waals surface area (Å²) in [7, 11) is -2.18. The number of aromatic nitrogens is 2. The zero-order chi connectivity index (χ0) is 24.8. The molecule has 0 radical (unpaired) electrons. The predicted molar refractivity (Wildman–Crippen MR) is 153 cm³/mol. The SMILES string of the molecule is CC(C)Cc1cc(F)c2ccc3c4ccnc5c4c(cc3c2c1)[Si](C)(C)c1nc2ccccc2cc1-5. The van der Waals surface area contributed by atoms with Crippen molar-refractivity contribution in [1.29, 1.82) is 0 Å². The molecule has 3 heterocycles. The minimum Gasteiger partial charge on any atom is -0.257 e. The lowest BCUT2D eigenvalue weighted by Crippen LogP contribution is -2.57. The average Bonchev–Trinajstić information content (AvgIpc) is 2.85. The molecule has 0 N–H and O–H groups in total. The van der Waals surface area contributed by atoms with Gasteiger partial charge in [-0.05, 0) is 68.9 Å². The van der Waals surface area contributed by atoms with Gasteiger partial charge in [0.1, 0.15) is 13.9 Å². The van der Waals surface area contributed by atoms with Gasteiger partial charge in [0.25, 0.3) is 0 Å². The fourth-order valence-electron chi connectivity index (χ4n) is 6.22. The van der Waals surface area contributed by atoms with Crippen molar-refractivity contribution in [1.82, 2.24) is 9.97 Å². The number of rotatable bonds is 2. The second kappa shape index (κ2) is 7.44. The molecule has 0 spiro atoms. The minimum absolute atomic E-state index is 0.135. The van der Waals surface area contributed by atoms with Gasteiger partial charge in [0.2, 0.25) is 0 Å². The smallest absolute Gasteiger partial charge is 0.137 e. The zero-order valence-corrected chi connectivity index (χ0v) is 22.0. The van der Waals surface area contributed by atoms with Crippen molar-refractivity contribution in [2.45, 2.75) is 33.4 Å². The maximum absolute atomic E-state index is 15.3. The largest absolute Gasteiger partial charge is 0.257 e. The topological polar surface area (TPSA) is 25.8 Å². The zero-order valence-electron chi connectivity index (χ0n) is 21.0. The number of nitrogens with zero attached hydrogens (tertiary/aromatic N) is 2. The number of hydrogen-bond acceptors (Lipinski definition) is 2. The van der Waals surface area contributed by atoms with E-state index in [-0.39, 0.29) is 5.82 Å². The first-order valence-corrected chi connectivity index (χ1v) is 15.7. The molecule has 0 atom stereocenters. The minimum atomic E-state index is -2.18. The Morgan fingerprint density at radius 2 is 1.61 bits per heavy atom. The first kappa shape index (κ1) is 21.6. The number of para-hydroxylation sites is 1. The summed E-state index contributed by atoms with van der Waals surface area (Å²) in [5.41, 5.74) is 4.26. The summed E-state index contributed by atoms with van der Waals surface area (Å²) in [6, 6.07) is 23.0. The standard InChI is InChI=1S/C32H27FN2Si/c1-18(2)13-19-14-24-22(27(33)15-19)10-9-21-23-11-12-34-31-26-16-20-7-5-6-8-28(20)35-32(26)36(3,4)29(30(23)31)17-25(21)24/h5-12,14-18H,13H2,1-4H3. The van der Waals surface area contributed by atoms with Crippen LogP contribution in [0.1, 0.15) is 19.4 Å². The molecule has 4 aromatic carbocycles. The molecular formula is C32H27FN2Si. The summed E-state index contributed by atoms with van der Waals surface area (Å²) < 4.78 is 15.3. The molecule has 0 saturated carbocycles. The summed E-state index contributed by atoms with van der Waals surface area (Å²) in [6.07, 6.45) is 2.78. The van der Waals surface area contributed by atoms with E-state index in [4.69, 9.17) is 9.97 Å². The fraction of sp³-hybridized carbons (Fsp3) is 0.188. The Labute approximate surface area is 210 Å². The van der Waals surface area contributed by atoms with Crippen LogP contribution in [-0.4, -0.2) is 18.0 Å². The Morgan fingerprint density at radius 1 is 0.833 bits per heavy atom. The van der Waals surface area contributed by atoms with Gasteiger partial charge >= 0.3 is 0 Å². The summed E-state index contributed by atoms with van der Waals surface area (Å²) in [4.78, 5) is 10.1. The molecule has 6 aromatic rings. The Bertz CT molecular complexity index is 1890. The highest BCUT2D eigenvalue weighted by atomic mass is 28.3. The van der Waals surface area contributed by atoms with Gasteiger partial charge in [-0.25, -0.2) is 4.39 Å². The highest BCUT2D eigenvalue weighted by Gasteiger charge is 2.38. The first-order chi connectivity index (χ1) is 17.3. The molecule has 0 fully saturated rings. The Kier molecular flexibility index (Phi) is 4.47. The monoisotopic (exact) mass is 486 g/mol. The lowest BCUT2D eigenvalue weighted by atomic mass is 9.92. The molecule has 0 bridgehead atoms. The summed E-state index contributed by atoms with van der Waals surface area (Å²) in [5.74, 6) is 0.334. The van der Waals surface area contributed by atoms with Crippen LogP contribution in [0.3, 0.4) is 0 Å². The van der Waals surface area contributed by atoms with E-state index in [9.17, 15) is 0 Å². The normalized spacial score (nSPS) is 14.3. The van der Waals surface area contributed by atoms with Crippen LogP contribution >= 0.6 is 0 Å². The second-order valence-corrected chi connectivity index (χ2v) is 15.4. The van der Waals surface area contributed by atoms with Gasteiger partial charge in [-0.2, -0.15) is 0 Å². The van der Waals surface area contributed by atoms with Crippen molar-refractivity contribution in [3.8, 4) is 11.3 Å². The molecule has 4 heteroatoms. The van der Waals surface area contributed by atoms with E-state index in [1.807, 2.05) is 12.3 Å². The Morgan fingerprint density at radius 3 is 2.44 bits per heavy atom. The lowest BCUT2D eigenvalue weighted by molar-refractivity contribution is 0.622. The predicted octanol–water partition coefficient (Wildman–Crippen LogP) is 7.23. The van der Waals surface area contributed by atoms with E-state index < -0.39 is 8.07 Å². The quantitative estimate of drug-likeness (QED) is 0.191. The van der Waals surface area contributed by atoms with E-state index in [1.165, 1.54) is 21.3 Å². The van der Waals surface area contributed by atoms with E-state index in [0.29, 0.717) is 11.3 Å². The molecule has 1 aliphatic rings. The van der Waals surface area contributed by atoms with Crippen LogP contribution in [-0.2, 0) is 6.42 Å². The van der Waals surface area contributed by atoms with Gasteiger partial charge in [0.05, 0.1) is 11.2 Å². The van der Waals surface area contributed by atoms with Crippen molar-refractivity contribution < 1.29 is 4.39 Å². The number of halogens is 1. The van der Waals surface area contributed by atoms with E-state index in [0.717, 1.165) is 50.3 Å². The number of benzene rings is 4. The van der Waals surface area contributed by atoms with Gasteiger partial charge in [-0.15, -0.1) is 0 Å². The van der Waals surface area contributed by atoms with E-state index in [2.05, 4.69) is 81.5 Å². The van der Waals surface area contributed by atoms with Crippen LogP contribution < -0.4 is 10.5 Å². The Balaban J connectivity index is 1.64. The van der Waals surface area contributed by atoms with Crippen LogP contribution in [0.5, 0.6) is 0 Å². The fourth-order valence-corrected chi connectivity index (χ4v) is 9.12. The third-order valence-corrected chi connectivity index (χ3v) is 11.2. The number of fused-ring (bicyclic) bond motifs is 7. The second-order valence-electron chi connectivity index (χ2n) is 11.1. The molecule has 2 aromatic heterocycles. The molecule has 176 valence electrons. The van der Waals surface area contributed by atoms with E-state index in [1.54, 1.807) is 6.07 Å². The van der Waals surface area contributed by atoms with Crippen molar-refractivity contribution in [2.24, 2.45) is 5.92 Å². The Hall–Kier alpha value is -3.63. The molecule has 0 saturated heterocycles. The molecule has 0 amide bonds. The van der Waals surface area contributed by atoms with Crippen molar-refractivity contribution in [3.05, 3.63) is 84.3 Å². The summed E-state index contributed by atoms with van der Waals surface area (Å²) >= 11 is 0. The summed E-state index contributed by atoms with van der Waals surface area (Å²) in [6.45, 7) is 9.14. The highest BCUT2D eigenvalue weighted by Crippen LogP contribution is 2.39.